The van der Waals surface area contributed by atoms with E-state index >= 15 is 0 Å². The Kier molecular flexibility index (Phi) is 8.13. The molecule has 2 heterocycles. The molecule has 0 aromatic heterocycles. The van der Waals surface area contributed by atoms with Gasteiger partial charge in [-0.1, -0.05) is 18.2 Å². The molecule has 2 aromatic carbocycles. The summed E-state index contributed by atoms with van der Waals surface area (Å²) in [6.45, 7) is 0.133. The summed E-state index contributed by atoms with van der Waals surface area (Å²) < 4.78 is 162. The average Bonchev–Trinajstić information content (AvgIpc) is 3.57. The van der Waals surface area contributed by atoms with Crippen LogP contribution in [0, 0.1) is 11.7 Å². The number of hydrogen-bond acceptors (Lipinski definition) is 5. The zero-order valence-corrected chi connectivity index (χ0v) is 25.3. The van der Waals surface area contributed by atoms with Crippen molar-refractivity contribution in [3.8, 4) is 0 Å². The zero-order valence-electron chi connectivity index (χ0n) is 23.6. The second kappa shape index (κ2) is 10.9. The monoisotopic (exact) mass is 688 g/mol. The Morgan fingerprint density at radius 1 is 0.911 bits per heavy atom. The van der Waals surface area contributed by atoms with Crippen LogP contribution in [0.25, 0.3) is 0 Å². The first kappa shape index (κ1) is 33.6. The summed E-state index contributed by atoms with van der Waals surface area (Å²) in [5.41, 5.74) is -7.90. The van der Waals surface area contributed by atoms with E-state index in [0.29, 0.717) is 12.5 Å². The number of sulfone groups is 1. The van der Waals surface area contributed by atoms with Crippen LogP contribution < -0.4 is 0 Å². The molecule has 0 bridgehead atoms. The number of aryl methyl sites for hydroxylation is 1. The topological polar surface area (TPSA) is 91.8 Å². The lowest BCUT2D eigenvalue weighted by Crippen LogP contribution is -2.53. The van der Waals surface area contributed by atoms with Gasteiger partial charge in [-0.15, -0.1) is 0 Å². The van der Waals surface area contributed by atoms with Crippen molar-refractivity contribution in [2.24, 2.45) is 5.92 Å². The first-order valence-electron chi connectivity index (χ1n) is 13.9. The van der Waals surface area contributed by atoms with Gasteiger partial charge in [0, 0.05) is 31.6 Å². The molecule has 2 fully saturated rings. The Labute approximate surface area is 254 Å². The quantitative estimate of drug-likeness (QED) is 0.315. The van der Waals surface area contributed by atoms with Gasteiger partial charge in [-0.3, -0.25) is 4.79 Å². The molecule has 0 unspecified atom stereocenters. The van der Waals surface area contributed by atoms with Gasteiger partial charge >= 0.3 is 18.0 Å². The molecule has 1 amide bonds. The third-order valence-electron chi connectivity index (χ3n) is 9.17. The highest BCUT2D eigenvalue weighted by atomic mass is 32.2. The lowest BCUT2D eigenvalue weighted by molar-refractivity contribution is -0.348. The average molecular weight is 689 g/mol. The molecule has 248 valence electrons. The zero-order chi connectivity index (χ0) is 33.4. The Balaban J connectivity index is 1.59. The smallest absolute Gasteiger partial charge is 0.338 e. The predicted octanol–water partition coefficient (Wildman–Crippen LogP) is 5.00. The van der Waals surface area contributed by atoms with Crippen LogP contribution in [-0.4, -0.2) is 76.2 Å². The fraction of sp³-hybridized carbons (Fsp3) is 0.536. The molecule has 7 nitrogen and oxygen atoms in total. The molecule has 17 heteroatoms. The van der Waals surface area contributed by atoms with Gasteiger partial charge in [0.05, 0.1) is 17.2 Å². The van der Waals surface area contributed by atoms with Crippen LogP contribution in [-0.2, 0) is 41.5 Å². The lowest BCUT2D eigenvalue weighted by atomic mass is 9.76. The summed E-state index contributed by atoms with van der Waals surface area (Å²) in [6, 6.07) is 3.99. The predicted molar refractivity (Wildman–Crippen MR) is 144 cm³/mol. The number of benzene rings is 2. The fourth-order valence-corrected chi connectivity index (χ4v) is 10.3. The van der Waals surface area contributed by atoms with Crippen molar-refractivity contribution in [3.63, 3.8) is 0 Å². The number of alkyl halides is 7. The summed E-state index contributed by atoms with van der Waals surface area (Å²) in [4.78, 5) is 14.5. The van der Waals surface area contributed by atoms with Crippen LogP contribution in [0.15, 0.2) is 47.4 Å². The number of likely N-dealkylation sites (tertiary alicyclic amines) is 1. The number of halogens is 8. The molecule has 2 saturated heterocycles. The van der Waals surface area contributed by atoms with Crippen molar-refractivity contribution >= 4 is 25.8 Å². The van der Waals surface area contributed by atoms with Crippen LogP contribution >= 0.6 is 0 Å². The number of amides is 1. The van der Waals surface area contributed by atoms with Crippen LogP contribution in [0.2, 0.25) is 0 Å². The van der Waals surface area contributed by atoms with E-state index in [4.69, 9.17) is 0 Å². The standard InChI is InChI=1S/C28H28F8N2O5S2/c1-44(40,41)37-12-10-17(16-37)14-24(39)38-13-11-25(45(42,43)21-6-4-20(29)5-7-21)22-8-3-19(15-18(22)2-9-23(25)38)26(30,27(31,32)33)28(34,35)36/h3-8,15,17,23H,2,9-14,16H2,1H3/t17-,23+,25+/m0/s1. The van der Waals surface area contributed by atoms with E-state index in [2.05, 4.69) is 0 Å². The Morgan fingerprint density at radius 3 is 2.09 bits per heavy atom. The van der Waals surface area contributed by atoms with Crippen LogP contribution in [0.5, 0.6) is 0 Å². The fourth-order valence-electron chi connectivity index (χ4n) is 6.98. The number of fused-ring (bicyclic) bond motifs is 3. The number of nitrogens with zero attached hydrogens (tertiary/aromatic N) is 2. The molecule has 1 aliphatic carbocycles. The normalized spacial score (nSPS) is 24.9. The molecule has 0 radical (unpaired) electrons. The van der Waals surface area contributed by atoms with Crippen molar-refractivity contribution in [1.82, 2.24) is 9.21 Å². The third kappa shape index (κ3) is 5.31. The molecular formula is C28H28F8N2O5S2. The minimum Gasteiger partial charge on any atom is -0.338 e. The maximum Gasteiger partial charge on any atom is 0.435 e. The second-order valence-corrected chi connectivity index (χ2v) is 15.9. The first-order valence-corrected chi connectivity index (χ1v) is 17.2. The number of hydrogen-bond donors (Lipinski definition) is 0. The highest BCUT2D eigenvalue weighted by Gasteiger charge is 2.74. The minimum absolute atomic E-state index is 0.0805. The summed E-state index contributed by atoms with van der Waals surface area (Å²) in [6.07, 6.45) is -12.2. The SMILES string of the molecule is CS(=O)(=O)N1CC[C@@H](CC(=O)N2CC[C@@]3(S(=O)(=O)c4ccc(F)cc4)c4ccc(C(F)(C(F)(F)F)C(F)(F)F)cc4CC[C@@H]23)C1. The van der Waals surface area contributed by atoms with Crippen LogP contribution in [0.4, 0.5) is 35.1 Å². The van der Waals surface area contributed by atoms with Gasteiger partial charge in [0.25, 0.3) is 0 Å². The van der Waals surface area contributed by atoms with Gasteiger partial charge in [-0.2, -0.15) is 26.3 Å². The van der Waals surface area contributed by atoms with Crippen LogP contribution in [0.1, 0.15) is 42.4 Å². The molecule has 5 rings (SSSR count). The van der Waals surface area contributed by atoms with Gasteiger partial charge in [0.15, 0.2) is 9.84 Å². The van der Waals surface area contributed by atoms with Crippen molar-refractivity contribution in [1.29, 1.82) is 0 Å². The minimum atomic E-state index is -6.38. The van der Waals surface area contributed by atoms with Crippen molar-refractivity contribution in [2.45, 2.75) is 65.8 Å². The molecule has 2 aliphatic heterocycles. The highest BCUT2D eigenvalue weighted by Crippen LogP contribution is 2.56. The molecule has 3 aliphatic rings. The van der Waals surface area contributed by atoms with Gasteiger partial charge < -0.3 is 4.90 Å². The van der Waals surface area contributed by atoms with Crippen molar-refractivity contribution in [3.05, 3.63) is 65.0 Å². The van der Waals surface area contributed by atoms with E-state index in [1.54, 1.807) is 0 Å². The van der Waals surface area contributed by atoms with Crippen molar-refractivity contribution in [2.75, 3.05) is 25.9 Å². The van der Waals surface area contributed by atoms with E-state index in [0.717, 1.165) is 36.6 Å². The van der Waals surface area contributed by atoms with Gasteiger partial charge in [-0.05, 0) is 67.0 Å². The largest absolute Gasteiger partial charge is 0.435 e. The number of sulfonamides is 1. The molecular weight excluding hydrogens is 660 g/mol. The van der Waals surface area contributed by atoms with E-state index in [1.165, 1.54) is 9.21 Å². The molecule has 0 N–H and O–H groups in total. The summed E-state index contributed by atoms with van der Waals surface area (Å²) in [5.74, 6) is -1.62. The summed E-state index contributed by atoms with van der Waals surface area (Å²) in [5, 5.41) is 0. The maximum absolute atomic E-state index is 15.0. The highest BCUT2D eigenvalue weighted by molar-refractivity contribution is 7.92. The third-order valence-corrected chi connectivity index (χ3v) is 13.0. The Hall–Kier alpha value is -2.79. The van der Waals surface area contributed by atoms with Gasteiger partial charge in [0.1, 0.15) is 10.6 Å². The van der Waals surface area contributed by atoms with E-state index < -0.39 is 66.0 Å². The number of carbonyl (C=O) groups is 1. The van der Waals surface area contributed by atoms with Crippen LogP contribution in [0.3, 0.4) is 0 Å². The maximum atomic E-state index is 15.0. The van der Waals surface area contributed by atoms with Gasteiger partial charge in [0.2, 0.25) is 15.9 Å². The summed E-state index contributed by atoms with van der Waals surface area (Å²) in [7, 11) is -8.11. The second-order valence-electron chi connectivity index (χ2n) is 11.7. The summed E-state index contributed by atoms with van der Waals surface area (Å²) >= 11 is 0. The number of rotatable bonds is 6. The Morgan fingerprint density at radius 2 is 1.53 bits per heavy atom. The first-order chi connectivity index (χ1) is 20.6. The van der Waals surface area contributed by atoms with E-state index in [1.807, 2.05) is 0 Å². The Bertz CT molecular complexity index is 1700. The van der Waals surface area contributed by atoms with Crippen molar-refractivity contribution < 1.29 is 56.8 Å². The molecule has 0 spiro atoms. The van der Waals surface area contributed by atoms with E-state index in [9.17, 15) is 56.8 Å². The molecule has 0 saturated carbocycles. The molecule has 3 atom stereocenters. The number of carbonyl (C=O) groups excluding carboxylic acids is 1. The molecule has 2 aromatic rings. The lowest BCUT2D eigenvalue weighted by Gasteiger charge is -2.43. The van der Waals surface area contributed by atoms with E-state index in [-0.39, 0.29) is 73.3 Å². The van der Waals surface area contributed by atoms with Gasteiger partial charge in [-0.25, -0.2) is 29.9 Å². The molecule has 45 heavy (non-hydrogen) atoms.